The smallest absolute Gasteiger partial charge is 0.321 e. The zero-order chi connectivity index (χ0) is 19.3. The number of Topliss-reactive ketones (excluding diaryl/α,β-unsaturated/α-hetero) is 1. The van der Waals surface area contributed by atoms with E-state index in [9.17, 15) is 18.0 Å². The molecule has 0 aromatic heterocycles. The molecule has 2 aromatic rings. The predicted octanol–water partition coefficient (Wildman–Crippen LogP) is 2.66. The summed E-state index contributed by atoms with van der Waals surface area (Å²) < 4.78 is 31.4. The molecule has 0 aliphatic heterocycles. The van der Waals surface area contributed by atoms with Gasteiger partial charge in [0.2, 0.25) is 15.8 Å². The van der Waals surface area contributed by atoms with E-state index in [1.165, 1.54) is 18.2 Å². The van der Waals surface area contributed by atoms with Crippen LogP contribution in [0.25, 0.3) is 0 Å². The Hall–Kier alpha value is -2.22. The van der Waals surface area contributed by atoms with Crippen molar-refractivity contribution in [1.82, 2.24) is 4.72 Å². The van der Waals surface area contributed by atoms with Crippen molar-refractivity contribution in [1.29, 1.82) is 0 Å². The van der Waals surface area contributed by atoms with E-state index in [2.05, 4.69) is 4.72 Å². The van der Waals surface area contributed by atoms with Crippen molar-refractivity contribution < 1.29 is 22.7 Å². The summed E-state index contributed by atoms with van der Waals surface area (Å²) in [6, 6.07) is 11.0. The number of nitrogens with one attached hydrogen (secondary N) is 1. The average Bonchev–Trinajstić information content (AvgIpc) is 2.60. The maximum Gasteiger partial charge on any atom is 0.321 e. The van der Waals surface area contributed by atoms with E-state index in [1.54, 1.807) is 31.2 Å². The van der Waals surface area contributed by atoms with Crippen LogP contribution in [0.5, 0.6) is 0 Å². The summed E-state index contributed by atoms with van der Waals surface area (Å²) in [5.41, 5.74) is 2.01. The van der Waals surface area contributed by atoms with Gasteiger partial charge in [-0.3, -0.25) is 9.59 Å². The molecule has 0 heterocycles. The minimum atomic E-state index is -3.85. The highest BCUT2D eigenvalue weighted by molar-refractivity contribution is 7.89. The minimum Gasteiger partial charge on any atom is -0.456 e. The fourth-order valence-electron chi connectivity index (χ4n) is 2.08. The van der Waals surface area contributed by atoms with Gasteiger partial charge in [-0.1, -0.05) is 29.8 Å². The Labute approximate surface area is 157 Å². The fraction of sp³-hybridized carbons (Fsp3) is 0.222. The van der Waals surface area contributed by atoms with Crippen LogP contribution in [0, 0.1) is 13.8 Å². The molecule has 0 aliphatic carbocycles. The third-order valence-corrected chi connectivity index (χ3v) is 5.46. The van der Waals surface area contributed by atoms with Gasteiger partial charge < -0.3 is 4.74 Å². The maximum atomic E-state index is 12.2. The number of aryl methyl sites for hydroxylation is 2. The first-order valence-corrected chi connectivity index (χ1v) is 9.57. The fourth-order valence-corrected chi connectivity index (χ4v) is 3.38. The lowest BCUT2D eigenvalue weighted by Crippen LogP contribution is -2.31. The molecule has 138 valence electrons. The zero-order valence-corrected chi connectivity index (χ0v) is 15.9. The molecule has 8 heteroatoms. The lowest BCUT2D eigenvalue weighted by Gasteiger charge is -2.09. The number of halogens is 1. The first-order valence-electron chi connectivity index (χ1n) is 7.71. The van der Waals surface area contributed by atoms with E-state index in [1.807, 2.05) is 6.92 Å². The highest BCUT2D eigenvalue weighted by atomic mass is 35.5. The molecule has 1 N–H and O–H groups in total. The molecule has 2 rings (SSSR count). The molecule has 26 heavy (non-hydrogen) atoms. The highest BCUT2D eigenvalue weighted by Crippen LogP contribution is 2.16. The Kier molecular flexibility index (Phi) is 6.52. The first kappa shape index (κ1) is 20.1. The number of sulfonamides is 1. The Morgan fingerprint density at radius 1 is 1.08 bits per heavy atom. The molecule has 6 nitrogen and oxygen atoms in total. The van der Waals surface area contributed by atoms with Crippen LogP contribution in [0.15, 0.2) is 47.4 Å². The number of benzene rings is 2. The van der Waals surface area contributed by atoms with Gasteiger partial charge in [-0.15, -0.1) is 0 Å². The molecule has 0 saturated heterocycles. The summed E-state index contributed by atoms with van der Waals surface area (Å²) in [6.07, 6.45) is 0. The van der Waals surface area contributed by atoms with Crippen LogP contribution < -0.4 is 4.72 Å². The number of hydrogen-bond acceptors (Lipinski definition) is 5. The number of hydrogen-bond donors (Lipinski definition) is 1. The number of carbonyl (C=O) groups is 2. The Bertz CT molecular complexity index is 940. The predicted molar refractivity (Wildman–Crippen MR) is 97.8 cm³/mol. The van der Waals surface area contributed by atoms with Crippen LogP contribution in [0.1, 0.15) is 21.5 Å². The van der Waals surface area contributed by atoms with Crippen molar-refractivity contribution in [2.45, 2.75) is 18.7 Å². The van der Waals surface area contributed by atoms with Gasteiger partial charge in [0.05, 0.1) is 9.92 Å². The Morgan fingerprint density at radius 2 is 1.77 bits per heavy atom. The van der Waals surface area contributed by atoms with Crippen molar-refractivity contribution in [2.24, 2.45) is 0 Å². The molecule has 0 fully saturated rings. The molecule has 0 saturated carbocycles. The SMILES string of the molecule is Cc1ccc(S(=O)(=O)NCC(=O)OCC(=O)c2ccccc2Cl)cc1C. The number of ketones is 1. The van der Waals surface area contributed by atoms with E-state index >= 15 is 0 Å². The van der Waals surface area contributed by atoms with Gasteiger partial charge in [0, 0.05) is 5.56 Å². The molecule has 0 spiro atoms. The number of esters is 1. The van der Waals surface area contributed by atoms with Gasteiger partial charge in [-0.2, -0.15) is 4.72 Å². The lowest BCUT2D eigenvalue weighted by atomic mass is 10.1. The molecule has 0 unspecified atom stereocenters. The van der Waals surface area contributed by atoms with E-state index in [4.69, 9.17) is 16.3 Å². The number of ether oxygens (including phenoxy) is 1. The van der Waals surface area contributed by atoms with Crippen LogP contribution in [-0.4, -0.2) is 33.3 Å². The van der Waals surface area contributed by atoms with Gasteiger partial charge in [0.1, 0.15) is 6.54 Å². The van der Waals surface area contributed by atoms with E-state index < -0.39 is 34.9 Å². The molecule has 0 bridgehead atoms. The summed E-state index contributed by atoms with van der Waals surface area (Å²) in [4.78, 5) is 23.7. The topological polar surface area (TPSA) is 89.5 Å². The summed E-state index contributed by atoms with van der Waals surface area (Å²) in [5.74, 6) is -1.33. The maximum absolute atomic E-state index is 12.2. The second-order valence-corrected chi connectivity index (χ2v) is 7.81. The third-order valence-electron chi connectivity index (χ3n) is 3.73. The van der Waals surface area contributed by atoms with Crippen molar-refractivity contribution in [2.75, 3.05) is 13.2 Å². The van der Waals surface area contributed by atoms with Gasteiger partial charge in [0.25, 0.3) is 0 Å². The monoisotopic (exact) mass is 395 g/mol. The molecular formula is C18H18ClNO5S. The van der Waals surface area contributed by atoms with Gasteiger partial charge in [-0.25, -0.2) is 8.42 Å². The quantitative estimate of drug-likeness (QED) is 0.575. The standard InChI is InChI=1S/C18H18ClNO5S/c1-12-7-8-14(9-13(12)2)26(23,24)20-10-18(22)25-11-17(21)15-5-3-4-6-16(15)19/h3-9,20H,10-11H2,1-2H3. The molecular weight excluding hydrogens is 378 g/mol. The number of carbonyl (C=O) groups excluding carboxylic acids is 2. The molecule has 0 radical (unpaired) electrons. The summed E-state index contributed by atoms with van der Waals surface area (Å²) in [6.45, 7) is 2.56. The third kappa shape index (κ3) is 5.14. The molecule has 0 amide bonds. The zero-order valence-electron chi connectivity index (χ0n) is 14.3. The van der Waals surface area contributed by atoms with Crippen molar-refractivity contribution in [3.8, 4) is 0 Å². The van der Waals surface area contributed by atoms with Crippen molar-refractivity contribution in [3.05, 3.63) is 64.2 Å². The summed E-state index contributed by atoms with van der Waals surface area (Å²) >= 11 is 5.89. The van der Waals surface area contributed by atoms with Crippen LogP contribution in [0.2, 0.25) is 5.02 Å². The largest absolute Gasteiger partial charge is 0.456 e. The number of rotatable bonds is 7. The van der Waals surface area contributed by atoms with E-state index in [0.717, 1.165) is 11.1 Å². The Morgan fingerprint density at radius 3 is 2.42 bits per heavy atom. The van der Waals surface area contributed by atoms with Gasteiger partial charge >= 0.3 is 5.97 Å². The molecule has 0 aliphatic rings. The van der Waals surface area contributed by atoms with Crippen LogP contribution in [0.3, 0.4) is 0 Å². The van der Waals surface area contributed by atoms with Crippen LogP contribution in [-0.2, 0) is 19.6 Å². The van der Waals surface area contributed by atoms with E-state index in [0.29, 0.717) is 0 Å². The Balaban J connectivity index is 1.91. The van der Waals surface area contributed by atoms with Crippen LogP contribution >= 0.6 is 11.6 Å². The summed E-state index contributed by atoms with van der Waals surface area (Å²) in [7, 11) is -3.85. The second-order valence-electron chi connectivity index (χ2n) is 5.63. The van der Waals surface area contributed by atoms with Crippen molar-refractivity contribution in [3.63, 3.8) is 0 Å². The van der Waals surface area contributed by atoms with Gasteiger partial charge in [-0.05, 0) is 49.2 Å². The average molecular weight is 396 g/mol. The minimum absolute atomic E-state index is 0.0561. The highest BCUT2D eigenvalue weighted by Gasteiger charge is 2.18. The van der Waals surface area contributed by atoms with E-state index in [-0.39, 0.29) is 15.5 Å². The normalized spacial score (nSPS) is 11.2. The van der Waals surface area contributed by atoms with Gasteiger partial charge in [0.15, 0.2) is 6.61 Å². The first-order chi connectivity index (χ1) is 12.2. The summed E-state index contributed by atoms with van der Waals surface area (Å²) in [5, 5.41) is 0.254. The molecule has 0 atom stereocenters. The molecule has 2 aromatic carbocycles. The second kappa shape index (κ2) is 8.44. The lowest BCUT2D eigenvalue weighted by molar-refractivity contribution is -0.141. The van der Waals surface area contributed by atoms with Crippen LogP contribution in [0.4, 0.5) is 0 Å². The van der Waals surface area contributed by atoms with Crippen molar-refractivity contribution >= 4 is 33.4 Å².